The highest BCUT2D eigenvalue weighted by Gasteiger charge is 2.08. The summed E-state index contributed by atoms with van der Waals surface area (Å²) in [4.78, 5) is 9.77. The van der Waals surface area contributed by atoms with Crippen LogP contribution in [0.5, 0.6) is 0 Å². The molecule has 118 valence electrons. The lowest BCUT2D eigenvalue weighted by Gasteiger charge is -2.12. The second kappa shape index (κ2) is 7.43. The second-order valence-corrected chi connectivity index (χ2v) is 6.82. The summed E-state index contributed by atoms with van der Waals surface area (Å²) >= 11 is 5.16. The molecule has 2 aromatic heterocycles. The SMILES string of the molecule is Nc1c(NCCc2cccs2)ncnc1Nc1ccc(Br)cc1. The molecule has 0 radical (unpaired) electrons. The molecule has 0 amide bonds. The van der Waals surface area contributed by atoms with E-state index >= 15 is 0 Å². The number of hydrogen-bond acceptors (Lipinski definition) is 6. The minimum Gasteiger partial charge on any atom is -0.393 e. The van der Waals surface area contributed by atoms with Gasteiger partial charge >= 0.3 is 0 Å². The Morgan fingerprint density at radius 3 is 2.61 bits per heavy atom. The van der Waals surface area contributed by atoms with E-state index in [1.165, 1.54) is 11.2 Å². The molecular formula is C16H16BrN5S. The smallest absolute Gasteiger partial charge is 0.159 e. The van der Waals surface area contributed by atoms with Crippen molar-refractivity contribution in [1.82, 2.24) is 9.97 Å². The van der Waals surface area contributed by atoms with Gasteiger partial charge in [0.1, 0.15) is 12.0 Å². The van der Waals surface area contributed by atoms with E-state index in [1.54, 1.807) is 11.3 Å². The average molecular weight is 390 g/mol. The summed E-state index contributed by atoms with van der Waals surface area (Å²) in [5.41, 5.74) is 7.60. The number of nitrogens with two attached hydrogens (primary N) is 1. The minimum absolute atomic E-state index is 0.515. The maximum atomic E-state index is 6.16. The van der Waals surface area contributed by atoms with Gasteiger partial charge in [-0.15, -0.1) is 11.3 Å². The van der Waals surface area contributed by atoms with Crippen molar-refractivity contribution in [3.63, 3.8) is 0 Å². The second-order valence-electron chi connectivity index (χ2n) is 4.87. The Morgan fingerprint density at radius 2 is 1.87 bits per heavy atom. The van der Waals surface area contributed by atoms with Gasteiger partial charge in [0.25, 0.3) is 0 Å². The number of hydrogen-bond donors (Lipinski definition) is 3. The molecule has 7 heteroatoms. The van der Waals surface area contributed by atoms with Crippen LogP contribution in [-0.4, -0.2) is 16.5 Å². The lowest BCUT2D eigenvalue weighted by Crippen LogP contribution is -2.10. The summed E-state index contributed by atoms with van der Waals surface area (Å²) < 4.78 is 1.02. The summed E-state index contributed by atoms with van der Waals surface area (Å²) in [5.74, 6) is 1.25. The van der Waals surface area contributed by atoms with E-state index in [9.17, 15) is 0 Å². The molecule has 0 atom stereocenters. The van der Waals surface area contributed by atoms with E-state index in [0.717, 1.165) is 23.1 Å². The summed E-state index contributed by atoms with van der Waals surface area (Å²) in [5, 5.41) is 8.56. The first-order valence-electron chi connectivity index (χ1n) is 7.11. The number of anilines is 4. The van der Waals surface area contributed by atoms with Gasteiger partial charge < -0.3 is 16.4 Å². The van der Waals surface area contributed by atoms with Crippen LogP contribution in [0.2, 0.25) is 0 Å². The van der Waals surface area contributed by atoms with E-state index in [1.807, 2.05) is 24.3 Å². The fourth-order valence-corrected chi connectivity index (χ4v) is 3.04. The standard InChI is InChI=1S/C16H16BrN5S/c17-11-3-5-12(6-4-11)22-16-14(18)15(20-10-21-16)19-8-7-13-2-1-9-23-13/h1-6,9-10H,7-8,18H2,(H2,19,20,21,22). The molecule has 2 heterocycles. The number of thiophene rings is 1. The summed E-state index contributed by atoms with van der Waals surface area (Å²) in [7, 11) is 0. The first kappa shape index (κ1) is 15.8. The van der Waals surface area contributed by atoms with Gasteiger partial charge in [0.15, 0.2) is 11.6 Å². The molecule has 0 saturated heterocycles. The first-order chi connectivity index (χ1) is 11.2. The normalized spacial score (nSPS) is 10.5. The van der Waals surface area contributed by atoms with Crippen molar-refractivity contribution in [2.24, 2.45) is 0 Å². The third-order valence-corrected chi connectivity index (χ3v) is 4.70. The predicted octanol–water partition coefficient (Wildman–Crippen LogP) is 4.28. The van der Waals surface area contributed by atoms with Gasteiger partial charge in [0.2, 0.25) is 0 Å². The summed E-state index contributed by atoms with van der Waals surface area (Å²) in [6.45, 7) is 0.777. The molecule has 0 aliphatic rings. The van der Waals surface area contributed by atoms with E-state index in [2.05, 4.69) is 54.0 Å². The Morgan fingerprint density at radius 1 is 1.09 bits per heavy atom. The molecule has 0 aliphatic carbocycles. The number of nitrogens with zero attached hydrogens (tertiary/aromatic N) is 2. The van der Waals surface area contributed by atoms with Gasteiger partial charge in [-0.25, -0.2) is 9.97 Å². The molecule has 0 bridgehead atoms. The maximum absolute atomic E-state index is 6.16. The average Bonchev–Trinajstić information content (AvgIpc) is 3.06. The van der Waals surface area contributed by atoms with Crippen molar-refractivity contribution >= 4 is 50.3 Å². The topological polar surface area (TPSA) is 75.9 Å². The van der Waals surface area contributed by atoms with Crippen molar-refractivity contribution in [3.05, 3.63) is 57.5 Å². The van der Waals surface area contributed by atoms with Crippen LogP contribution in [0.1, 0.15) is 4.88 Å². The number of nitrogen functional groups attached to an aromatic ring is 1. The van der Waals surface area contributed by atoms with E-state index in [0.29, 0.717) is 17.3 Å². The highest BCUT2D eigenvalue weighted by molar-refractivity contribution is 9.10. The molecule has 3 rings (SSSR count). The maximum Gasteiger partial charge on any atom is 0.159 e. The zero-order valence-corrected chi connectivity index (χ0v) is 14.7. The molecule has 0 fully saturated rings. The van der Waals surface area contributed by atoms with Crippen LogP contribution < -0.4 is 16.4 Å². The van der Waals surface area contributed by atoms with E-state index in [-0.39, 0.29) is 0 Å². The number of nitrogens with one attached hydrogen (secondary N) is 2. The lowest BCUT2D eigenvalue weighted by atomic mass is 10.3. The highest BCUT2D eigenvalue weighted by Crippen LogP contribution is 2.26. The molecule has 4 N–H and O–H groups in total. The van der Waals surface area contributed by atoms with Gasteiger partial charge in [-0.3, -0.25) is 0 Å². The summed E-state index contributed by atoms with van der Waals surface area (Å²) in [6, 6.07) is 12.0. The van der Waals surface area contributed by atoms with Crippen LogP contribution in [0.4, 0.5) is 23.0 Å². The van der Waals surface area contributed by atoms with Crippen molar-refractivity contribution in [3.8, 4) is 0 Å². The monoisotopic (exact) mass is 389 g/mol. The Hall–Kier alpha value is -2.12. The molecule has 1 aromatic carbocycles. The molecule has 3 aromatic rings. The van der Waals surface area contributed by atoms with Crippen LogP contribution in [0.25, 0.3) is 0 Å². The Labute approximate surface area is 147 Å². The summed E-state index contributed by atoms with van der Waals surface area (Å²) in [6.07, 6.45) is 2.45. The zero-order chi connectivity index (χ0) is 16.1. The number of halogens is 1. The molecule has 0 spiro atoms. The van der Waals surface area contributed by atoms with Crippen molar-refractivity contribution in [2.45, 2.75) is 6.42 Å². The Bertz CT molecular complexity index is 759. The van der Waals surface area contributed by atoms with E-state index in [4.69, 9.17) is 5.73 Å². The lowest BCUT2D eigenvalue weighted by molar-refractivity contribution is 1.02. The van der Waals surface area contributed by atoms with E-state index < -0.39 is 0 Å². The molecule has 0 aliphatic heterocycles. The predicted molar refractivity (Wildman–Crippen MR) is 100 cm³/mol. The Balaban J connectivity index is 1.66. The van der Waals surface area contributed by atoms with Crippen molar-refractivity contribution in [1.29, 1.82) is 0 Å². The van der Waals surface area contributed by atoms with Gasteiger partial charge in [0.05, 0.1) is 0 Å². The number of rotatable bonds is 6. The Kier molecular flexibility index (Phi) is 5.09. The highest BCUT2D eigenvalue weighted by atomic mass is 79.9. The molecule has 0 saturated carbocycles. The van der Waals surface area contributed by atoms with Crippen LogP contribution >= 0.6 is 27.3 Å². The molecule has 0 unspecified atom stereocenters. The number of benzene rings is 1. The largest absolute Gasteiger partial charge is 0.393 e. The van der Waals surface area contributed by atoms with Crippen LogP contribution in [0.15, 0.2) is 52.6 Å². The van der Waals surface area contributed by atoms with Crippen molar-refractivity contribution < 1.29 is 0 Å². The van der Waals surface area contributed by atoms with Crippen LogP contribution in [0.3, 0.4) is 0 Å². The third-order valence-electron chi connectivity index (χ3n) is 3.23. The van der Waals surface area contributed by atoms with Gasteiger partial charge in [0, 0.05) is 21.6 Å². The number of aromatic nitrogens is 2. The van der Waals surface area contributed by atoms with Crippen LogP contribution in [0, 0.1) is 0 Å². The van der Waals surface area contributed by atoms with Gasteiger partial charge in [-0.05, 0) is 42.1 Å². The molecule has 23 heavy (non-hydrogen) atoms. The quantitative estimate of drug-likeness (QED) is 0.586. The zero-order valence-electron chi connectivity index (χ0n) is 12.3. The van der Waals surface area contributed by atoms with Crippen LogP contribution in [-0.2, 0) is 6.42 Å². The first-order valence-corrected chi connectivity index (χ1v) is 8.79. The molecular weight excluding hydrogens is 374 g/mol. The van der Waals surface area contributed by atoms with Gasteiger partial charge in [-0.2, -0.15) is 0 Å². The minimum atomic E-state index is 0.515. The fraction of sp³-hybridized carbons (Fsp3) is 0.125. The van der Waals surface area contributed by atoms with Crippen molar-refractivity contribution in [2.75, 3.05) is 22.9 Å². The van der Waals surface area contributed by atoms with Gasteiger partial charge in [-0.1, -0.05) is 22.0 Å². The fourth-order valence-electron chi connectivity index (χ4n) is 2.06. The third kappa shape index (κ3) is 4.20. The molecule has 5 nitrogen and oxygen atoms in total.